The molecule has 0 fully saturated rings. The van der Waals surface area contributed by atoms with Crippen LogP contribution >= 0.6 is 0 Å². The molecule has 1 atom stereocenters. The molecule has 0 rings (SSSR count). The minimum Gasteiger partial charge on any atom is -0.396 e. The monoisotopic (exact) mass is 172 g/mol. The van der Waals surface area contributed by atoms with Crippen LogP contribution < -0.4 is 0 Å². The summed E-state index contributed by atoms with van der Waals surface area (Å²) in [4.78, 5) is 0. The third-order valence-corrected chi connectivity index (χ3v) is 2.32. The zero-order chi connectivity index (χ0) is 9.61. The van der Waals surface area contributed by atoms with Crippen LogP contribution in [-0.2, 0) is 4.74 Å². The molecule has 0 aliphatic rings. The van der Waals surface area contributed by atoms with Crippen LogP contribution in [0.3, 0.4) is 0 Å². The van der Waals surface area contributed by atoms with E-state index in [-0.39, 0.29) is 18.1 Å². The minimum atomic E-state index is 0.0394. The summed E-state index contributed by atoms with van der Waals surface area (Å²) in [5.41, 5.74) is 0.0394. The largest absolute Gasteiger partial charge is 0.396 e. The second-order valence-corrected chi connectivity index (χ2v) is 3.73. The summed E-state index contributed by atoms with van der Waals surface area (Å²) in [6.07, 6.45) is 2.67. The maximum atomic E-state index is 8.80. The zero-order valence-electron chi connectivity index (χ0n) is 8.34. The van der Waals surface area contributed by atoms with Crippen molar-refractivity contribution in [1.82, 2.24) is 0 Å². The molecule has 0 aromatic carbocycles. The molecular weight excluding hydrogens is 152 g/mol. The number of hydrogen-bond donors (Lipinski definition) is 1. The van der Waals surface area contributed by atoms with Gasteiger partial charge in [0.05, 0.1) is 12.7 Å². The van der Waals surface area contributed by atoms with Crippen molar-refractivity contribution in [3.8, 4) is 0 Å². The smallest absolute Gasteiger partial charge is 0.0648 e. The van der Waals surface area contributed by atoms with Gasteiger partial charge in [-0.15, -0.1) is 6.58 Å². The lowest BCUT2D eigenvalue weighted by Crippen LogP contribution is -2.30. The molecule has 0 aliphatic carbocycles. The van der Waals surface area contributed by atoms with E-state index in [1.165, 1.54) is 0 Å². The zero-order valence-corrected chi connectivity index (χ0v) is 8.34. The van der Waals surface area contributed by atoms with Crippen molar-refractivity contribution in [1.29, 1.82) is 0 Å². The Labute approximate surface area is 75.2 Å². The maximum absolute atomic E-state index is 8.80. The first-order valence-corrected chi connectivity index (χ1v) is 4.38. The summed E-state index contributed by atoms with van der Waals surface area (Å²) in [6, 6.07) is 0. The second-order valence-electron chi connectivity index (χ2n) is 3.73. The van der Waals surface area contributed by atoms with Crippen molar-refractivity contribution < 1.29 is 9.84 Å². The first-order chi connectivity index (χ1) is 5.54. The van der Waals surface area contributed by atoms with Crippen molar-refractivity contribution in [2.75, 3.05) is 13.2 Å². The molecule has 12 heavy (non-hydrogen) atoms. The van der Waals surface area contributed by atoms with Crippen LogP contribution in [0.25, 0.3) is 0 Å². The van der Waals surface area contributed by atoms with E-state index in [0.717, 1.165) is 6.42 Å². The molecule has 0 aliphatic heterocycles. The van der Waals surface area contributed by atoms with Crippen molar-refractivity contribution >= 4 is 0 Å². The first kappa shape index (κ1) is 11.7. The average molecular weight is 172 g/mol. The lowest BCUT2D eigenvalue weighted by atomic mass is 9.84. The Balaban J connectivity index is 3.86. The quantitative estimate of drug-likeness (QED) is 0.621. The Morgan fingerprint density at radius 2 is 2.17 bits per heavy atom. The molecule has 0 spiro atoms. The van der Waals surface area contributed by atoms with Crippen LogP contribution in [-0.4, -0.2) is 24.4 Å². The molecule has 0 saturated carbocycles. The Bertz CT molecular complexity index is 130. The molecule has 2 nitrogen and oxygen atoms in total. The van der Waals surface area contributed by atoms with Crippen molar-refractivity contribution in [2.24, 2.45) is 5.41 Å². The van der Waals surface area contributed by atoms with Gasteiger partial charge >= 0.3 is 0 Å². The molecule has 0 aromatic rings. The average Bonchev–Trinajstić information content (AvgIpc) is 2.00. The molecule has 1 unspecified atom stereocenters. The fraction of sp³-hybridized carbons (Fsp3) is 0.800. The lowest BCUT2D eigenvalue weighted by molar-refractivity contribution is -0.0100. The summed E-state index contributed by atoms with van der Waals surface area (Å²) in [5.74, 6) is 0. The Kier molecular flexibility index (Phi) is 5.18. The van der Waals surface area contributed by atoms with E-state index >= 15 is 0 Å². The van der Waals surface area contributed by atoms with Gasteiger partial charge in [-0.25, -0.2) is 0 Å². The Morgan fingerprint density at radius 3 is 2.58 bits per heavy atom. The van der Waals surface area contributed by atoms with Gasteiger partial charge in [0.25, 0.3) is 0 Å². The predicted molar refractivity (Wildman–Crippen MR) is 51.1 cm³/mol. The van der Waals surface area contributed by atoms with Crippen LogP contribution in [0.5, 0.6) is 0 Å². The van der Waals surface area contributed by atoms with E-state index < -0.39 is 0 Å². The summed E-state index contributed by atoms with van der Waals surface area (Å²) < 4.78 is 5.48. The Morgan fingerprint density at radius 1 is 1.58 bits per heavy atom. The van der Waals surface area contributed by atoms with E-state index in [4.69, 9.17) is 9.84 Å². The van der Waals surface area contributed by atoms with E-state index in [0.29, 0.717) is 6.61 Å². The van der Waals surface area contributed by atoms with Gasteiger partial charge in [0.2, 0.25) is 0 Å². The van der Waals surface area contributed by atoms with Gasteiger partial charge in [-0.2, -0.15) is 0 Å². The highest BCUT2D eigenvalue weighted by Crippen LogP contribution is 2.26. The van der Waals surface area contributed by atoms with Crippen LogP contribution in [0.15, 0.2) is 12.7 Å². The molecule has 0 bridgehead atoms. The van der Waals surface area contributed by atoms with Gasteiger partial charge < -0.3 is 9.84 Å². The van der Waals surface area contributed by atoms with Crippen LogP contribution in [0.4, 0.5) is 0 Å². The second kappa shape index (κ2) is 5.33. The van der Waals surface area contributed by atoms with Crippen LogP contribution in [0, 0.1) is 5.41 Å². The third kappa shape index (κ3) is 3.88. The fourth-order valence-electron chi connectivity index (χ4n) is 0.929. The molecule has 72 valence electrons. The van der Waals surface area contributed by atoms with Gasteiger partial charge in [0, 0.05) is 6.61 Å². The van der Waals surface area contributed by atoms with Crippen molar-refractivity contribution in [2.45, 2.75) is 33.3 Å². The number of ether oxygens (including phenoxy) is 1. The van der Waals surface area contributed by atoms with Gasteiger partial charge in [0.15, 0.2) is 0 Å². The van der Waals surface area contributed by atoms with Gasteiger partial charge in [-0.3, -0.25) is 0 Å². The summed E-state index contributed by atoms with van der Waals surface area (Å²) >= 11 is 0. The van der Waals surface area contributed by atoms with Crippen LogP contribution in [0.1, 0.15) is 27.2 Å². The number of rotatable bonds is 6. The third-order valence-electron chi connectivity index (χ3n) is 2.32. The molecule has 0 aromatic heterocycles. The highest BCUT2D eigenvalue weighted by atomic mass is 16.5. The highest BCUT2D eigenvalue weighted by Gasteiger charge is 2.25. The first-order valence-electron chi connectivity index (χ1n) is 4.38. The van der Waals surface area contributed by atoms with Crippen molar-refractivity contribution in [3.05, 3.63) is 12.7 Å². The van der Waals surface area contributed by atoms with E-state index in [1.807, 2.05) is 6.92 Å². The molecule has 2 heteroatoms. The van der Waals surface area contributed by atoms with E-state index in [1.54, 1.807) is 6.08 Å². The Hall–Kier alpha value is -0.340. The molecule has 0 radical (unpaired) electrons. The summed E-state index contributed by atoms with van der Waals surface area (Å²) in [6.45, 7) is 10.6. The minimum absolute atomic E-state index is 0.0394. The van der Waals surface area contributed by atoms with E-state index in [9.17, 15) is 0 Å². The van der Waals surface area contributed by atoms with Crippen LogP contribution in [0.2, 0.25) is 0 Å². The topological polar surface area (TPSA) is 29.5 Å². The van der Waals surface area contributed by atoms with Gasteiger partial charge in [-0.05, 0) is 18.8 Å². The van der Waals surface area contributed by atoms with Gasteiger partial charge in [0.1, 0.15) is 0 Å². The number of hydrogen-bond acceptors (Lipinski definition) is 2. The lowest BCUT2D eigenvalue weighted by Gasteiger charge is -2.30. The molecule has 0 heterocycles. The van der Waals surface area contributed by atoms with Crippen molar-refractivity contribution in [3.63, 3.8) is 0 Å². The normalized spacial score (nSPS) is 14.3. The number of aliphatic hydroxyl groups is 1. The molecule has 0 saturated heterocycles. The molecule has 0 amide bonds. The summed E-state index contributed by atoms with van der Waals surface area (Å²) in [7, 11) is 0. The SMILES string of the molecule is C=CCOC(C)C(C)(C)CCO. The molecular formula is C10H20O2. The standard InChI is InChI=1S/C10H20O2/c1-5-8-12-9(2)10(3,4)6-7-11/h5,9,11H,1,6-8H2,2-4H3. The number of aliphatic hydroxyl groups excluding tert-OH is 1. The fourth-order valence-corrected chi connectivity index (χ4v) is 0.929. The predicted octanol–water partition coefficient (Wildman–Crippen LogP) is 1.99. The maximum Gasteiger partial charge on any atom is 0.0648 e. The molecule has 1 N–H and O–H groups in total. The highest BCUT2D eigenvalue weighted by molar-refractivity contribution is 4.77. The summed E-state index contributed by atoms with van der Waals surface area (Å²) in [5, 5.41) is 8.80. The van der Waals surface area contributed by atoms with E-state index in [2.05, 4.69) is 20.4 Å². The van der Waals surface area contributed by atoms with Gasteiger partial charge in [-0.1, -0.05) is 19.9 Å².